The van der Waals surface area contributed by atoms with Crippen LogP contribution in [0.3, 0.4) is 0 Å². The molecule has 0 saturated heterocycles. The van der Waals surface area contributed by atoms with Crippen LogP contribution in [0.15, 0.2) is 42.5 Å². The molecule has 3 rings (SSSR count). The predicted octanol–water partition coefficient (Wildman–Crippen LogP) is 3.81. The van der Waals surface area contributed by atoms with Gasteiger partial charge in [-0.3, -0.25) is 0 Å². The first kappa shape index (κ1) is 19.2. The molecule has 5 nitrogen and oxygen atoms in total. The van der Waals surface area contributed by atoms with Gasteiger partial charge in [-0.05, 0) is 0 Å². The Morgan fingerprint density at radius 3 is 2.56 bits per heavy atom. The molecule has 0 aliphatic carbocycles. The van der Waals surface area contributed by atoms with Gasteiger partial charge >= 0.3 is 165 Å². The number of hydrogen-bond donors (Lipinski definition) is 2. The monoisotopic (exact) mass is 430 g/mol. The molecule has 0 aliphatic rings. The molecular formula is C21H22N2O3Se. The van der Waals surface area contributed by atoms with Gasteiger partial charge in [0, 0.05) is 0 Å². The molecule has 0 aliphatic heterocycles. The zero-order chi connectivity index (χ0) is 19.4. The number of aromatic nitrogens is 1. The first-order valence-corrected chi connectivity index (χ1v) is 10.4. The van der Waals surface area contributed by atoms with E-state index in [-0.39, 0.29) is 21.1 Å². The van der Waals surface area contributed by atoms with Crippen LogP contribution < -0.4 is 10.1 Å². The van der Waals surface area contributed by atoms with E-state index in [1.54, 1.807) is 6.07 Å². The topological polar surface area (TPSA) is 71.5 Å². The average molecular weight is 429 g/mol. The van der Waals surface area contributed by atoms with Crippen LogP contribution in [0.4, 0.5) is 5.69 Å². The molecule has 0 saturated carbocycles. The fourth-order valence-corrected chi connectivity index (χ4v) is 4.77. The summed E-state index contributed by atoms with van der Waals surface area (Å²) in [4.78, 5) is 15.4. The standard InChI is InChI=1S/C21H22N2O3Se/c1-13-4-6-16(7-5-13)21-23-15(3)19(27-21)11-22-17-8-9-18(14(2)10-17)26-12-20(24)25/h4-10,22H,11-12H2,1-3H3,(H,24,25). The maximum atomic E-state index is 10.6. The minimum absolute atomic E-state index is 0.214. The number of ether oxygens (including phenoxy) is 1. The molecule has 1 heterocycles. The summed E-state index contributed by atoms with van der Waals surface area (Å²) < 4.78 is 7.77. The van der Waals surface area contributed by atoms with Gasteiger partial charge in [0.25, 0.3) is 0 Å². The number of benzene rings is 2. The molecule has 27 heavy (non-hydrogen) atoms. The minimum atomic E-state index is -0.980. The van der Waals surface area contributed by atoms with E-state index in [1.807, 2.05) is 19.1 Å². The van der Waals surface area contributed by atoms with Crippen molar-refractivity contribution in [3.63, 3.8) is 0 Å². The summed E-state index contributed by atoms with van der Waals surface area (Å²) in [5.41, 5.74) is 5.43. The fourth-order valence-electron chi connectivity index (χ4n) is 2.65. The van der Waals surface area contributed by atoms with Crippen molar-refractivity contribution in [3.05, 3.63) is 63.7 Å². The number of rotatable bonds is 7. The van der Waals surface area contributed by atoms with Crippen LogP contribution in [-0.2, 0) is 11.3 Å². The molecule has 0 bridgehead atoms. The number of anilines is 1. The van der Waals surface area contributed by atoms with Gasteiger partial charge in [0.1, 0.15) is 0 Å². The third kappa shape index (κ3) is 5.00. The predicted molar refractivity (Wildman–Crippen MR) is 108 cm³/mol. The molecule has 0 radical (unpaired) electrons. The molecule has 3 aromatic rings. The molecule has 6 heteroatoms. The SMILES string of the molecule is Cc1ccc(-c2nc(C)c(CNc3ccc(OCC(=O)O)c(C)c3)[se]2)cc1. The number of aryl methyl sites for hydroxylation is 3. The summed E-state index contributed by atoms with van der Waals surface area (Å²) in [5, 5.41) is 12.2. The van der Waals surface area contributed by atoms with E-state index < -0.39 is 5.97 Å². The van der Waals surface area contributed by atoms with Gasteiger partial charge in [-0.1, -0.05) is 0 Å². The number of carboxylic acid groups (broad SMARTS) is 1. The van der Waals surface area contributed by atoms with E-state index in [0.717, 1.165) is 23.5 Å². The molecule has 0 amide bonds. The summed E-state index contributed by atoms with van der Waals surface area (Å²) in [5.74, 6) is -0.389. The Hall–Kier alpha value is -2.56. The summed E-state index contributed by atoms with van der Waals surface area (Å²) in [6.45, 7) is 6.48. The Labute approximate surface area is 164 Å². The first-order valence-electron chi connectivity index (χ1n) is 8.65. The van der Waals surface area contributed by atoms with Crippen LogP contribution in [0.2, 0.25) is 0 Å². The Morgan fingerprint density at radius 1 is 1.15 bits per heavy atom. The Kier molecular flexibility index (Phi) is 5.99. The van der Waals surface area contributed by atoms with E-state index in [1.165, 1.54) is 20.1 Å². The van der Waals surface area contributed by atoms with Crippen LogP contribution >= 0.6 is 0 Å². The number of aliphatic carboxylic acids is 1. The van der Waals surface area contributed by atoms with Gasteiger partial charge in [-0.25, -0.2) is 0 Å². The van der Waals surface area contributed by atoms with E-state index in [2.05, 4.69) is 43.4 Å². The summed E-state index contributed by atoms with van der Waals surface area (Å²) in [6.07, 6.45) is 0. The van der Waals surface area contributed by atoms with Crippen LogP contribution in [-0.4, -0.2) is 37.2 Å². The molecule has 0 atom stereocenters. The molecule has 0 unspecified atom stereocenters. The van der Waals surface area contributed by atoms with E-state index in [9.17, 15) is 4.79 Å². The Bertz CT molecular complexity index is 949. The zero-order valence-electron chi connectivity index (χ0n) is 15.6. The van der Waals surface area contributed by atoms with Crippen LogP contribution in [0, 0.1) is 20.8 Å². The molecule has 1 aromatic heterocycles. The van der Waals surface area contributed by atoms with Crippen molar-refractivity contribution < 1.29 is 14.6 Å². The summed E-state index contributed by atoms with van der Waals surface area (Å²) in [7, 11) is 0. The first-order chi connectivity index (χ1) is 12.9. The number of nitrogens with zero attached hydrogens (tertiary/aromatic N) is 1. The number of hydrogen-bond acceptors (Lipinski definition) is 4. The van der Waals surface area contributed by atoms with E-state index >= 15 is 0 Å². The Balaban J connectivity index is 1.67. The normalized spacial score (nSPS) is 10.6. The number of carboxylic acids is 1. The van der Waals surface area contributed by atoms with E-state index in [4.69, 9.17) is 14.8 Å². The van der Waals surface area contributed by atoms with Gasteiger partial charge < -0.3 is 0 Å². The second-order valence-corrected chi connectivity index (χ2v) is 8.68. The quantitative estimate of drug-likeness (QED) is 0.559. The molecule has 140 valence electrons. The molecular weight excluding hydrogens is 407 g/mol. The van der Waals surface area contributed by atoms with Crippen molar-refractivity contribution in [2.75, 3.05) is 11.9 Å². The maximum absolute atomic E-state index is 10.6. The number of nitrogens with one attached hydrogen (secondary N) is 1. The molecule has 2 aromatic carbocycles. The van der Waals surface area contributed by atoms with Gasteiger partial charge in [0.15, 0.2) is 0 Å². The van der Waals surface area contributed by atoms with Gasteiger partial charge in [0.05, 0.1) is 0 Å². The molecule has 0 spiro atoms. The summed E-state index contributed by atoms with van der Waals surface area (Å²) >= 11 is 0.214. The second-order valence-electron chi connectivity index (χ2n) is 6.41. The van der Waals surface area contributed by atoms with Crippen LogP contribution in [0.5, 0.6) is 5.75 Å². The molecule has 0 fully saturated rings. The fraction of sp³-hybridized carbons (Fsp3) is 0.238. The van der Waals surface area contributed by atoms with Gasteiger partial charge in [-0.15, -0.1) is 0 Å². The molecule has 2 N–H and O–H groups in total. The van der Waals surface area contributed by atoms with Gasteiger partial charge in [0.2, 0.25) is 0 Å². The van der Waals surface area contributed by atoms with Crippen molar-refractivity contribution in [3.8, 4) is 15.9 Å². The second kappa shape index (κ2) is 8.42. The van der Waals surface area contributed by atoms with Crippen LogP contribution in [0.25, 0.3) is 10.1 Å². The van der Waals surface area contributed by atoms with Gasteiger partial charge in [-0.2, -0.15) is 0 Å². The van der Waals surface area contributed by atoms with E-state index in [0.29, 0.717) is 5.75 Å². The third-order valence-corrected chi connectivity index (χ3v) is 6.70. The summed E-state index contributed by atoms with van der Waals surface area (Å²) in [6, 6.07) is 14.2. The number of carbonyl (C=O) groups is 1. The van der Waals surface area contributed by atoms with Crippen molar-refractivity contribution in [1.29, 1.82) is 0 Å². The van der Waals surface area contributed by atoms with Crippen molar-refractivity contribution in [2.45, 2.75) is 27.3 Å². The third-order valence-electron chi connectivity index (χ3n) is 4.17. The van der Waals surface area contributed by atoms with Crippen molar-refractivity contribution >= 4 is 26.2 Å². The van der Waals surface area contributed by atoms with Crippen LogP contribution in [0.1, 0.15) is 21.3 Å². The zero-order valence-corrected chi connectivity index (χ0v) is 17.3. The van der Waals surface area contributed by atoms with Crippen molar-refractivity contribution in [1.82, 2.24) is 4.98 Å². The Morgan fingerprint density at radius 2 is 1.89 bits per heavy atom. The average Bonchev–Trinajstić information content (AvgIpc) is 3.00. The van der Waals surface area contributed by atoms with Crippen molar-refractivity contribution in [2.24, 2.45) is 0 Å².